The van der Waals surface area contributed by atoms with E-state index in [4.69, 9.17) is 8.83 Å². The molecule has 1 aliphatic carbocycles. The van der Waals surface area contributed by atoms with E-state index in [1.165, 1.54) is 30.0 Å². The molecule has 2 aromatic heterocycles. The SMILES string of the molecule is Cc1nnc(-c2ccc(N3CCCC(N[C@@H]4CCCC[C@H]4Nc4ncc(-c5ccc(OC(F)(F)F)cc5)o4)C3)cc2)o1. The number of benzene rings is 2. The van der Waals surface area contributed by atoms with Crippen LogP contribution in [0.15, 0.2) is 63.6 Å². The van der Waals surface area contributed by atoms with Gasteiger partial charge in [0.1, 0.15) is 5.75 Å². The van der Waals surface area contributed by atoms with Crippen LogP contribution in [0, 0.1) is 6.92 Å². The fraction of sp³-hybridized carbons (Fsp3) is 0.433. The molecular weight excluding hydrogens is 549 g/mol. The molecule has 1 unspecified atom stereocenters. The van der Waals surface area contributed by atoms with E-state index in [0.29, 0.717) is 35.2 Å². The van der Waals surface area contributed by atoms with Crippen LogP contribution in [0.5, 0.6) is 5.75 Å². The van der Waals surface area contributed by atoms with Crippen molar-refractivity contribution in [3.63, 3.8) is 0 Å². The molecule has 2 fully saturated rings. The highest BCUT2D eigenvalue weighted by molar-refractivity contribution is 5.60. The van der Waals surface area contributed by atoms with Crippen molar-refractivity contribution in [1.29, 1.82) is 0 Å². The minimum absolute atomic E-state index is 0.153. The zero-order valence-electron chi connectivity index (χ0n) is 23.2. The third-order valence-corrected chi connectivity index (χ3v) is 7.83. The first-order valence-corrected chi connectivity index (χ1v) is 14.3. The molecule has 0 bridgehead atoms. The average Bonchev–Trinajstić information content (AvgIpc) is 3.63. The maximum absolute atomic E-state index is 12.5. The van der Waals surface area contributed by atoms with Crippen molar-refractivity contribution in [3.05, 3.63) is 60.6 Å². The summed E-state index contributed by atoms with van der Waals surface area (Å²) in [6.07, 6.45) is 3.38. The van der Waals surface area contributed by atoms with Crippen molar-refractivity contribution in [2.24, 2.45) is 0 Å². The van der Waals surface area contributed by atoms with E-state index in [1.807, 2.05) is 12.1 Å². The van der Waals surface area contributed by atoms with E-state index in [9.17, 15) is 13.2 Å². The van der Waals surface area contributed by atoms with Gasteiger partial charge in [0.15, 0.2) is 5.76 Å². The van der Waals surface area contributed by atoms with Gasteiger partial charge in [-0.05, 0) is 74.2 Å². The quantitative estimate of drug-likeness (QED) is 0.239. The van der Waals surface area contributed by atoms with E-state index in [2.05, 4.69) is 47.6 Å². The molecule has 1 saturated heterocycles. The first-order valence-electron chi connectivity index (χ1n) is 14.3. The Morgan fingerprint density at radius 3 is 2.33 bits per heavy atom. The van der Waals surface area contributed by atoms with Gasteiger partial charge in [-0.1, -0.05) is 12.8 Å². The Labute approximate surface area is 241 Å². The zero-order chi connectivity index (χ0) is 29.1. The predicted molar refractivity (Wildman–Crippen MR) is 151 cm³/mol. The standard InChI is InChI=1S/C30H33F3N6O3/c1-19-37-38-28(40-19)21-8-12-23(13-9-21)39-16-4-5-22(18-39)35-25-6-2-3-7-26(25)36-29-34-17-27(41-29)20-10-14-24(15-11-20)42-30(31,32)33/h8-15,17,22,25-26,35H,2-7,16,18H2,1H3,(H,34,36)/t22?,25-,26-/m1/s1. The smallest absolute Gasteiger partial charge is 0.424 e. The monoisotopic (exact) mass is 582 g/mol. The summed E-state index contributed by atoms with van der Waals surface area (Å²) in [6, 6.07) is 15.0. The molecular formula is C30H33F3N6O3. The van der Waals surface area contributed by atoms with Gasteiger partial charge < -0.3 is 29.1 Å². The highest BCUT2D eigenvalue weighted by Crippen LogP contribution is 2.30. The number of nitrogens with one attached hydrogen (secondary N) is 2. The van der Waals surface area contributed by atoms with E-state index < -0.39 is 6.36 Å². The molecule has 2 aromatic carbocycles. The lowest BCUT2D eigenvalue weighted by Crippen LogP contribution is -2.54. The lowest BCUT2D eigenvalue weighted by atomic mass is 9.89. The van der Waals surface area contributed by atoms with Gasteiger partial charge in [0.25, 0.3) is 6.01 Å². The van der Waals surface area contributed by atoms with Gasteiger partial charge in [0, 0.05) is 55.0 Å². The van der Waals surface area contributed by atoms with Gasteiger partial charge in [0.05, 0.1) is 6.20 Å². The van der Waals surface area contributed by atoms with Crippen LogP contribution < -0.4 is 20.3 Å². The van der Waals surface area contributed by atoms with Crippen LogP contribution in [0.25, 0.3) is 22.8 Å². The molecule has 1 saturated carbocycles. The molecule has 1 aliphatic heterocycles. The highest BCUT2D eigenvalue weighted by atomic mass is 19.4. The Bertz CT molecular complexity index is 1450. The van der Waals surface area contributed by atoms with Crippen LogP contribution in [-0.2, 0) is 0 Å². The zero-order valence-corrected chi connectivity index (χ0v) is 23.2. The Morgan fingerprint density at radius 2 is 1.62 bits per heavy atom. The van der Waals surface area contributed by atoms with E-state index in [0.717, 1.165) is 57.2 Å². The number of aromatic nitrogens is 3. The Kier molecular flexibility index (Phi) is 8.05. The summed E-state index contributed by atoms with van der Waals surface area (Å²) in [5.41, 5.74) is 2.69. The van der Waals surface area contributed by atoms with Crippen LogP contribution in [0.1, 0.15) is 44.4 Å². The number of oxazole rings is 1. The second-order valence-electron chi connectivity index (χ2n) is 10.9. The number of nitrogens with zero attached hydrogens (tertiary/aromatic N) is 4. The molecule has 0 radical (unpaired) electrons. The first kappa shape index (κ1) is 28.1. The minimum Gasteiger partial charge on any atom is -0.424 e. The normalized spacial score (nSPS) is 21.3. The summed E-state index contributed by atoms with van der Waals surface area (Å²) in [6.45, 7) is 3.70. The van der Waals surface area contributed by atoms with E-state index in [-0.39, 0.29) is 17.8 Å². The second kappa shape index (κ2) is 12.0. The molecule has 42 heavy (non-hydrogen) atoms. The van der Waals surface area contributed by atoms with Crippen molar-refractivity contribution in [2.75, 3.05) is 23.3 Å². The number of halogens is 3. The predicted octanol–water partition coefficient (Wildman–Crippen LogP) is 6.58. The number of alkyl halides is 3. The van der Waals surface area contributed by atoms with Crippen LogP contribution in [0.3, 0.4) is 0 Å². The lowest BCUT2D eigenvalue weighted by Gasteiger charge is -2.40. The fourth-order valence-electron chi connectivity index (χ4n) is 5.84. The number of piperidine rings is 1. The average molecular weight is 583 g/mol. The summed E-state index contributed by atoms with van der Waals surface area (Å²) in [4.78, 5) is 6.81. The molecule has 6 rings (SSSR count). The fourth-order valence-corrected chi connectivity index (χ4v) is 5.84. The van der Waals surface area contributed by atoms with Crippen LogP contribution in [0.2, 0.25) is 0 Å². The summed E-state index contributed by atoms with van der Waals surface area (Å²) in [7, 11) is 0. The molecule has 2 N–H and O–H groups in total. The number of aryl methyl sites for hydroxylation is 1. The Hall–Kier alpha value is -4.06. The molecule has 3 heterocycles. The van der Waals surface area contributed by atoms with Crippen LogP contribution >= 0.6 is 0 Å². The number of rotatable bonds is 8. The number of hydrogen-bond donors (Lipinski definition) is 2. The molecule has 4 aromatic rings. The third-order valence-electron chi connectivity index (χ3n) is 7.83. The van der Waals surface area contributed by atoms with Gasteiger partial charge in [-0.25, -0.2) is 4.98 Å². The molecule has 9 nitrogen and oxygen atoms in total. The molecule has 222 valence electrons. The maximum Gasteiger partial charge on any atom is 0.573 e. The van der Waals surface area contributed by atoms with Crippen molar-refractivity contribution < 1.29 is 26.7 Å². The molecule has 2 aliphatic rings. The number of hydrogen-bond acceptors (Lipinski definition) is 9. The maximum atomic E-state index is 12.5. The Balaban J connectivity index is 1.06. The minimum atomic E-state index is -4.73. The van der Waals surface area contributed by atoms with Gasteiger partial charge in [0.2, 0.25) is 11.8 Å². The number of anilines is 2. The summed E-state index contributed by atoms with van der Waals surface area (Å²) in [5, 5.41) is 15.4. The molecule has 3 atom stereocenters. The van der Waals surface area contributed by atoms with Crippen molar-refractivity contribution >= 4 is 11.7 Å². The van der Waals surface area contributed by atoms with E-state index in [1.54, 1.807) is 13.1 Å². The Morgan fingerprint density at radius 1 is 0.881 bits per heavy atom. The summed E-state index contributed by atoms with van der Waals surface area (Å²) < 4.78 is 52.8. The van der Waals surface area contributed by atoms with Gasteiger partial charge in [-0.2, -0.15) is 0 Å². The van der Waals surface area contributed by atoms with Crippen molar-refractivity contribution in [2.45, 2.75) is 69.9 Å². The van der Waals surface area contributed by atoms with Crippen molar-refractivity contribution in [1.82, 2.24) is 20.5 Å². The van der Waals surface area contributed by atoms with E-state index >= 15 is 0 Å². The van der Waals surface area contributed by atoms with Gasteiger partial charge in [-0.3, -0.25) is 0 Å². The van der Waals surface area contributed by atoms with Crippen LogP contribution in [0.4, 0.5) is 24.9 Å². The molecule has 0 spiro atoms. The molecule has 12 heteroatoms. The third kappa shape index (κ3) is 6.87. The first-order chi connectivity index (χ1) is 20.3. The van der Waals surface area contributed by atoms with Gasteiger partial charge in [-0.15, -0.1) is 23.4 Å². The molecule has 0 amide bonds. The topological polar surface area (TPSA) is 101 Å². The van der Waals surface area contributed by atoms with Crippen LogP contribution in [-0.4, -0.2) is 52.8 Å². The summed E-state index contributed by atoms with van der Waals surface area (Å²) in [5.74, 6) is 1.27. The second-order valence-corrected chi connectivity index (χ2v) is 10.9. The van der Waals surface area contributed by atoms with Crippen molar-refractivity contribution in [3.8, 4) is 28.5 Å². The largest absolute Gasteiger partial charge is 0.573 e. The van der Waals surface area contributed by atoms with Gasteiger partial charge >= 0.3 is 6.36 Å². The number of ether oxygens (including phenoxy) is 1. The lowest BCUT2D eigenvalue weighted by molar-refractivity contribution is -0.274. The highest BCUT2D eigenvalue weighted by Gasteiger charge is 2.32. The summed E-state index contributed by atoms with van der Waals surface area (Å²) >= 11 is 0.